The fraction of sp³-hybridized carbons (Fsp3) is 0.400. The molecular weight excluding hydrogens is 536 g/mol. The van der Waals surface area contributed by atoms with Gasteiger partial charge in [-0.2, -0.15) is 0 Å². The maximum absolute atomic E-state index is 5.34. The van der Waals surface area contributed by atoms with E-state index in [-0.39, 0.29) is 0 Å². The average Bonchev–Trinajstić information content (AvgIpc) is 3.07. The first-order chi connectivity index (χ1) is 21.7. The molecule has 0 N–H and O–H groups in total. The second kappa shape index (κ2) is 19.1. The van der Waals surface area contributed by atoms with Gasteiger partial charge < -0.3 is 0 Å². The van der Waals surface area contributed by atoms with Gasteiger partial charge in [-0.05, 0) is 47.9 Å². The van der Waals surface area contributed by atoms with E-state index >= 15 is 0 Å². The van der Waals surface area contributed by atoms with Gasteiger partial charge in [0.2, 0.25) is 0 Å². The smallest absolute Gasteiger partial charge is 0.169 e. The summed E-state index contributed by atoms with van der Waals surface area (Å²) in [7, 11) is 0. The molecule has 4 aromatic rings. The van der Waals surface area contributed by atoms with Crippen molar-refractivity contribution in [3.63, 3.8) is 0 Å². The van der Waals surface area contributed by atoms with Crippen LogP contribution >= 0.6 is 0 Å². The lowest BCUT2D eigenvalue weighted by molar-refractivity contribution is -0.697. The quantitative estimate of drug-likeness (QED) is 0.0651. The third kappa shape index (κ3) is 11.4. The fourth-order valence-electron chi connectivity index (χ4n) is 5.53. The second-order valence-electron chi connectivity index (χ2n) is 11.7. The van der Waals surface area contributed by atoms with Gasteiger partial charge in [0.25, 0.3) is 0 Å². The van der Waals surface area contributed by atoms with Crippen LogP contribution in [0.1, 0.15) is 77.0 Å². The Kier molecular flexibility index (Phi) is 14.2. The molecule has 4 rings (SSSR count). The topological polar surface area (TPSA) is 15.5 Å². The van der Waals surface area contributed by atoms with Gasteiger partial charge in [0.05, 0.1) is 0 Å². The lowest BCUT2D eigenvalue weighted by Crippen LogP contribution is -2.33. The van der Waals surface area contributed by atoms with E-state index in [0.717, 1.165) is 64.7 Å². The largest absolute Gasteiger partial charge is 0.205 e. The van der Waals surface area contributed by atoms with Crippen LogP contribution in [0.2, 0.25) is 0 Å². The number of pyridine rings is 4. The Balaban J connectivity index is 1.06. The number of aryl methyl sites for hydroxylation is 4. The number of unbranched alkanes of at least 4 members (excludes halogenated alkanes) is 9. The number of terminal acetylenes is 2. The third-order valence-corrected chi connectivity index (χ3v) is 8.29. The molecule has 0 aliphatic rings. The summed E-state index contributed by atoms with van der Waals surface area (Å²) in [5.41, 5.74) is 5.06. The van der Waals surface area contributed by atoms with E-state index in [1.54, 1.807) is 0 Å². The third-order valence-electron chi connectivity index (χ3n) is 8.29. The molecule has 4 heterocycles. The van der Waals surface area contributed by atoms with Crippen molar-refractivity contribution < 1.29 is 18.3 Å². The molecule has 0 aliphatic carbocycles. The molecule has 226 valence electrons. The first-order valence-corrected chi connectivity index (χ1v) is 16.6. The normalized spacial score (nSPS) is 10.8. The molecule has 0 amide bonds. The Hall–Kier alpha value is -4.28. The van der Waals surface area contributed by atoms with Crippen LogP contribution in [0.15, 0.2) is 98.1 Å². The fourth-order valence-corrected chi connectivity index (χ4v) is 5.53. The molecule has 4 aromatic heterocycles. The van der Waals surface area contributed by atoms with Crippen LogP contribution in [-0.4, -0.2) is 0 Å². The minimum Gasteiger partial charge on any atom is -0.205 e. The van der Waals surface area contributed by atoms with Gasteiger partial charge in [-0.15, -0.1) is 24.7 Å². The van der Waals surface area contributed by atoms with Crippen molar-refractivity contribution in [2.75, 3.05) is 0 Å². The molecule has 0 atom stereocenters. The summed E-state index contributed by atoms with van der Waals surface area (Å²) in [6.45, 7) is 4.22. The van der Waals surface area contributed by atoms with Crippen LogP contribution in [0, 0.1) is 24.7 Å². The molecular formula is C40H50N4+4. The van der Waals surface area contributed by atoms with Crippen LogP contribution in [-0.2, 0) is 26.2 Å². The first-order valence-electron chi connectivity index (χ1n) is 16.6. The van der Waals surface area contributed by atoms with E-state index in [9.17, 15) is 0 Å². The zero-order chi connectivity index (χ0) is 30.7. The lowest BCUT2D eigenvalue weighted by Gasteiger charge is -2.03. The number of nitrogens with zero attached hydrogens (tertiary/aromatic N) is 4. The molecule has 0 aliphatic heterocycles. The summed E-state index contributed by atoms with van der Waals surface area (Å²) in [5, 5.41) is 0. The number of hydrogen-bond donors (Lipinski definition) is 0. The van der Waals surface area contributed by atoms with Crippen molar-refractivity contribution in [3.05, 3.63) is 98.1 Å². The SMILES string of the molecule is C#CCCCC[n+]1ccc(-c2cc[n+](CCCCCCCC[n+]3ccc(-c4cc[n+](CCCCC#C)cc4)cc3)cc2)cc1. The highest BCUT2D eigenvalue weighted by molar-refractivity contribution is 5.61. The van der Waals surface area contributed by atoms with Crippen LogP contribution in [0.5, 0.6) is 0 Å². The maximum atomic E-state index is 5.34. The molecule has 0 saturated heterocycles. The first kappa shape index (κ1) is 32.6. The van der Waals surface area contributed by atoms with Gasteiger partial charge in [0.15, 0.2) is 49.6 Å². The van der Waals surface area contributed by atoms with Gasteiger partial charge >= 0.3 is 0 Å². The number of hydrogen-bond acceptors (Lipinski definition) is 0. The van der Waals surface area contributed by atoms with Gasteiger partial charge in [0.1, 0.15) is 26.2 Å². The Bertz CT molecular complexity index is 1330. The Labute approximate surface area is 266 Å². The summed E-state index contributed by atoms with van der Waals surface area (Å²) in [6.07, 6.45) is 42.1. The van der Waals surface area contributed by atoms with Crippen molar-refractivity contribution in [2.24, 2.45) is 0 Å². The van der Waals surface area contributed by atoms with E-state index in [4.69, 9.17) is 12.8 Å². The van der Waals surface area contributed by atoms with Crippen molar-refractivity contribution >= 4 is 0 Å². The monoisotopic (exact) mass is 586 g/mol. The highest BCUT2D eigenvalue weighted by atomic mass is 14.9. The van der Waals surface area contributed by atoms with Gasteiger partial charge in [-0.3, -0.25) is 0 Å². The van der Waals surface area contributed by atoms with E-state index in [0.29, 0.717) is 0 Å². The molecule has 0 fully saturated rings. The molecule has 4 nitrogen and oxygen atoms in total. The van der Waals surface area contributed by atoms with Crippen LogP contribution < -0.4 is 18.3 Å². The van der Waals surface area contributed by atoms with Gasteiger partial charge in [-0.1, -0.05) is 12.8 Å². The lowest BCUT2D eigenvalue weighted by atomic mass is 10.1. The minimum absolute atomic E-state index is 0.865. The van der Waals surface area contributed by atoms with Gasteiger partial charge in [-0.25, -0.2) is 18.3 Å². The van der Waals surface area contributed by atoms with Crippen LogP contribution in [0.4, 0.5) is 0 Å². The van der Waals surface area contributed by atoms with Crippen molar-refractivity contribution in [1.29, 1.82) is 0 Å². The molecule has 4 heteroatoms. The summed E-state index contributed by atoms with van der Waals surface area (Å²) in [4.78, 5) is 0. The van der Waals surface area contributed by atoms with E-state index < -0.39 is 0 Å². The van der Waals surface area contributed by atoms with Crippen LogP contribution in [0.3, 0.4) is 0 Å². The van der Waals surface area contributed by atoms with E-state index in [1.807, 2.05) is 0 Å². The predicted octanol–water partition coefficient (Wildman–Crippen LogP) is 6.82. The number of rotatable bonds is 19. The van der Waals surface area contributed by atoms with Gasteiger partial charge in [0, 0.05) is 87.1 Å². The highest BCUT2D eigenvalue weighted by Crippen LogP contribution is 2.17. The zero-order valence-electron chi connectivity index (χ0n) is 26.5. The van der Waals surface area contributed by atoms with E-state index in [1.165, 1.54) is 60.8 Å². The van der Waals surface area contributed by atoms with Crippen molar-refractivity contribution in [3.8, 4) is 46.9 Å². The Morgan fingerprint density at radius 3 is 0.818 bits per heavy atom. The minimum atomic E-state index is 0.865. The molecule has 0 spiro atoms. The molecule has 0 saturated carbocycles. The molecule has 0 radical (unpaired) electrons. The molecule has 44 heavy (non-hydrogen) atoms. The molecule has 0 aromatic carbocycles. The maximum Gasteiger partial charge on any atom is 0.169 e. The number of aromatic nitrogens is 4. The average molecular weight is 587 g/mol. The summed E-state index contributed by atoms with van der Waals surface area (Å²) in [5.74, 6) is 5.43. The second-order valence-corrected chi connectivity index (χ2v) is 11.7. The van der Waals surface area contributed by atoms with Crippen molar-refractivity contribution in [2.45, 2.75) is 103 Å². The van der Waals surface area contributed by atoms with Crippen molar-refractivity contribution in [1.82, 2.24) is 0 Å². The van der Waals surface area contributed by atoms with E-state index in [2.05, 4.69) is 128 Å². The Morgan fingerprint density at radius 2 is 0.568 bits per heavy atom. The summed E-state index contributed by atoms with van der Waals surface area (Å²) >= 11 is 0. The van der Waals surface area contributed by atoms with Crippen LogP contribution in [0.25, 0.3) is 22.3 Å². The predicted molar refractivity (Wildman–Crippen MR) is 178 cm³/mol. The molecule has 0 bridgehead atoms. The molecule has 0 unspecified atom stereocenters. The zero-order valence-corrected chi connectivity index (χ0v) is 26.5. The highest BCUT2D eigenvalue weighted by Gasteiger charge is 2.08. The standard InChI is InChI=1S/C40H50N4/c1-3-5-7-13-25-41-29-17-37(18-30-41)39-21-33-43(34-22-39)27-15-11-9-10-12-16-28-44-35-23-40(24-36-44)38-19-31-42(32-20-38)26-14-8-6-4-2/h1-2,17-24,29-36H,5-16,25-28H2/q+4. The summed E-state index contributed by atoms with van der Waals surface area (Å²) < 4.78 is 9.11. The summed E-state index contributed by atoms with van der Waals surface area (Å²) in [6, 6.07) is 17.8. The Morgan fingerprint density at radius 1 is 0.341 bits per heavy atom.